The van der Waals surface area contributed by atoms with E-state index in [0.717, 1.165) is 96.3 Å². The molecule has 1 fully saturated rings. The number of aliphatic hydroxyl groups is 5. The molecule has 0 aromatic rings. The van der Waals surface area contributed by atoms with Gasteiger partial charge in [-0.05, 0) is 83.5 Å². The molecular weight excluding hydrogens is 1010 g/mol. The lowest BCUT2D eigenvalue weighted by atomic mass is 9.99. The smallest absolute Gasteiger partial charge is 0.305 e. The van der Waals surface area contributed by atoms with Gasteiger partial charge in [-0.25, -0.2) is 0 Å². The minimum absolute atomic E-state index is 0.00184. The van der Waals surface area contributed by atoms with Crippen LogP contribution in [0.1, 0.15) is 309 Å². The SMILES string of the molecule is CC/C=C/CC/C=C/CC/C=C/C(O)C(COC1OC(CO)C(O)C(O)C1O)NC(=O)CCCCCCCCCCC/C=C\C/C=C\CCCCCCCCCCCOC(=O)CCCCCCCCCCCCCCCCCCCC. The van der Waals surface area contributed by atoms with Gasteiger partial charge in [0.2, 0.25) is 5.91 Å². The largest absolute Gasteiger partial charge is 0.466 e. The number of rotatable bonds is 59. The monoisotopic (exact) mass is 1140 g/mol. The molecule has 7 unspecified atom stereocenters. The standard InChI is InChI=1S/C70H127NO10/c1-3-5-7-9-11-13-15-16-17-18-29-32-35-38-42-46-50-54-58-66(75)79-59-55-51-47-43-39-36-33-30-27-25-23-21-19-20-22-24-26-28-31-34-37-41-45-49-53-57-65(74)71-62(61-80-70-69(78)68(77)67(76)64(60-72)81-70)63(73)56-52-48-44-40-14-12-10-8-6-4-2/h6,8,14,20-23,40,52,56,62-64,67-70,72-73,76-78H,3-5,7,9-13,15-19,24-39,41-51,53-55,57-61H2,1-2H3,(H,71,74)/b8-6+,22-20-,23-21-,40-14+,56-52+. The van der Waals surface area contributed by atoms with Crippen molar-refractivity contribution in [2.75, 3.05) is 19.8 Å². The summed E-state index contributed by atoms with van der Waals surface area (Å²) in [6.45, 7) is 4.21. The fourth-order valence-corrected chi connectivity index (χ4v) is 10.5. The number of nitrogens with one attached hydrogen (secondary N) is 1. The van der Waals surface area contributed by atoms with Gasteiger partial charge in [0.1, 0.15) is 24.4 Å². The Kier molecular flexibility index (Phi) is 55.7. The minimum atomic E-state index is -1.58. The summed E-state index contributed by atoms with van der Waals surface area (Å²) in [5, 5.41) is 54.2. The summed E-state index contributed by atoms with van der Waals surface area (Å²) in [6, 6.07) is -0.839. The van der Waals surface area contributed by atoms with Crippen molar-refractivity contribution in [3.8, 4) is 0 Å². The summed E-state index contributed by atoms with van der Waals surface area (Å²) >= 11 is 0. The van der Waals surface area contributed by atoms with Crippen LogP contribution in [0.5, 0.6) is 0 Å². The Labute approximate surface area is 497 Å². The van der Waals surface area contributed by atoms with Gasteiger partial charge in [0.05, 0.1) is 32.0 Å². The lowest BCUT2D eigenvalue weighted by Gasteiger charge is -2.40. The first-order valence-corrected chi connectivity index (χ1v) is 34.1. The first kappa shape index (κ1) is 76.4. The molecule has 7 atom stereocenters. The van der Waals surface area contributed by atoms with Gasteiger partial charge in [0, 0.05) is 12.8 Å². The van der Waals surface area contributed by atoms with Gasteiger partial charge in [0.15, 0.2) is 6.29 Å². The molecule has 1 rings (SSSR count). The molecule has 1 saturated heterocycles. The normalized spacial score (nSPS) is 18.6. The molecule has 0 saturated carbocycles. The van der Waals surface area contributed by atoms with Gasteiger partial charge < -0.3 is 45.1 Å². The van der Waals surface area contributed by atoms with Gasteiger partial charge in [-0.3, -0.25) is 9.59 Å². The number of unbranched alkanes of at least 4 members (excludes halogenated alkanes) is 37. The van der Waals surface area contributed by atoms with Gasteiger partial charge >= 0.3 is 5.97 Å². The Morgan fingerprint density at radius 1 is 0.469 bits per heavy atom. The van der Waals surface area contributed by atoms with Crippen molar-refractivity contribution in [2.45, 2.75) is 352 Å². The highest BCUT2D eigenvalue weighted by Crippen LogP contribution is 2.23. The number of esters is 1. The Balaban J connectivity index is 1.97. The zero-order valence-corrected chi connectivity index (χ0v) is 52.2. The lowest BCUT2D eigenvalue weighted by molar-refractivity contribution is -0.302. The van der Waals surface area contributed by atoms with E-state index in [1.165, 1.54) is 186 Å². The third kappa shape index (κ3) is 48.3. The highest BCUT2D eigenvalue weighted by Gasteiger charge is 2.44. The second-order valence-corrected chi connectivity index (χ2v) is 23.5. The van der Waals surface area contributed by atoms with E-state index >= 15 is 0 Å². The predicted molar refractivity (Wildman–Crippen MR) is 338 cm³/mol. The second kappa shape index (κ2) is 59.1. The molecule has 0 aromatic carbocycles. The van der Waals surface area contributed by atoms with Crippen LogP contribution >= 0.6 is 0 Å². The Hall–Kier alpha value is -2.64. The van der Waals surface area contributed by atoms with E-state index < -0.39 is 49.5 Å². The van der Waals surface area contributed by atoms with Crippen LogP contribution in [0.2, 0.25) is 0 Å². The Morgan fingerprint density at radius 2 is 0.877 bits per heavy atom. The van der Waals surface area contributed by atoms with E-state index in [4.69, 9.17) is 14.2 Å². The number of carbonyl (C=O) groups is 2. The minimum Gasteiger partial charge on any atom is -0.466 e. The van der Waals surface area contributed by atoms with Crippen molar-refractivity contribution in [3.05, 3.63) is 60.8 Å². The molecule has 1 heterocycles. The molecule has 0 bridgehead atoms. The fourth-order valence-electron chi connectivity index (χ4n) is 10.5. The van der Waals surface area contributed by atoms with Gasteiger partial charge in [0.25, 0.3) is 0 Å². The third-order valence-corrected chi connectivity index (χ3v) is 15.8. The second-order valence-electron chi connectivity index (χ2n) is 23.5. The quantitative estimate of drug-likeness (QED) is 0.0195. The van der Waals surface area contributed by atoms with Crippen molar-refractivity contribution < 1.29 is 49.3 Å². The first-order chi connectivity index (χ1) is 39.7. The van der Waals surface area contributed by atoms with Gasteiger partial charge in [-0.1, -0.05) is 274 Å². The molecule has 0 aromatic heterocycles. The average Bonchev–Trinajstić information content (AvgIpc) is 3.47. The van der Waals surface area contributed by atoms with Crippen molar-refractivity contribution in [1.82, 2.24) is 5.32 Å². The van der Waals surface area contributed by atoms with Crippen LogP contribution in [-0.4, -0.2) is 100 Å². The molecule has 11 nitrogen and oxygen atoms in total. The molecule has 0 aliphatic carbocycles. The molecule has 11 heteroatoms. The van der Waals surface area contributed by atoms with Crippen LogP contribution in [-0.2, 0) is 23.8 Å². The van der Waals surface area contributed by atoms with E-state index in [1.807, 2.05) is 6.08 Å². The molecule has 1 aliphatic rings. The van der Waals surface area contributed by atoms with Crippen LogP contribution in [0.15, 0.2) is 60.8 Å². The number of hydrogen-bond acceptors (Lipinski definition) is 10. The van der Waals surface area contributed by atoms with Crippen molar-refractivity contribution in [1.29, 1.82) is 0 Å². The fraction of sp³-hybridized carbons (Fsp3) is 0.829. The summed E-state index contributed by atoms with van der Waals surface area (Å²) in [5.41, 5.74) is 0. The number of aliphatic hydroxyl groups excluding tert-OH is 5. The molecule has 472 valence electrons. The van der Waals surface area contributed by atoms with E-state index in [0.29, 0.717) is 19.4 Å². The summed E-state index contributed by atoms with van der Waals surface area (Å²) in [4.78, 5) is 25.1. The maximum absolute atomic E-state index is 13.0. The predicted octanol–water partition coefficient (Wildman–Crippen LogP) is 17.0. The van der Waals surface area contributed by atoms with Crippen molar-refractivity contribution in [2.24, 2.45) is 0 Å². The highest BCUT2D eigenvalue weighted by atomic mass is 16.7. The maximum atomic E-state index is 13.0. The number of carbonyl (C=O) groups excluding carboxylic acids is 2. The van der Waals surface area contributed by atoms with Crippen LogP contribution in [0.25, 0.3) is 0 Å². The van der Waals surface area contributed by atoms with Gasteiger partial charge in [-0.15, -0.1) is 0 Å². The maximum Gasteiger partial charge on any atom is 0.305 e. The highest BCUT2D eigenvalue weighted by molar-refractivity contribution is 5.76. The Morgan fingerprint density at radius 3 is 1.35 bits per heavy atom. The van der Waals surface area contributed by atoms with E-state index in [2.05, 4.69) is 67.8 Å². The number of allylic oxidation sites excluding steroid dienone is 9. The van der Waals surface area contributed by atoms with E-state index in [-0.39, 0.29) is 18.5 Å². The van der Waals surface area contributed by atoms with Crippen LogP contribution < -0.4 is 5.32 Å². The first-order valence-electron chi connectivity index (χ1n) is 34.1. The van der Waals surface area contributed by atoms with Crippen LogP contribution in [0.3, 0.4) is 0 Å². The third-order valence-electron chi connectivity index (χ3n) is 15.8. The molecule has 0 radical (unpaired) electrons. The van der Waals surface area contributed by atoms with Crippen LogP contribution in [0, 0.1) is 0 Å². The zero-order valence-electron chi connectivity index (χ0n) is 52.2. The molecule has 1 amide bonds. The molecular formula is C70H127NO10. The molecule has 81 heavy (non-hydrogen) atoms. The Bertz CT molecular complexity index is 1530. The molecule has 0 spiro atoms. The topological polar surface area (TPSA) is 175 Å². The summed E-state index contributed by atoms with van der Waals surface area (Å²) < 4.78 is 16.7. The van der Waals surface area contributed by atoms with Gasteiger partial charge in [-0.2, -0.15) is 0 Å². The molecule has 1 aliphatic heterocycles. The lowest BCUT2D eigenvalue weighted by Crippen LogP contribution is -2.60. The van der Waals surface area contributed by atoms with Crippen molar-refractivity contribution in [3.63, 3.8) is 0 Å². The summed E-state index contributed by atoms with van der Waals surface area (Å²) in [6.07, 6.45) is 67.9. The number of ether oxygens (including phenoxy) is 3. The summed E-state index contributed by atoms with van der Waals surface area (Å²) in [7, 11) is 0. The zero-order chi connectivity index (χ0) is 58.7. The van der Waals surface area contributed by atoms with E-state index in [9.17, 15) is 35.1 Å². The number of amides is 1. The van der Waals surface area contributed by atoms with E-state index in [1.54, 1.807) is 6.08 Å². The van der Waals surface area contributed by atoms with Crippen molar-refractivity contribution >= 4 is 11.9 Å². The number of hydrogen-bond donors (Lipinski definition) is 6. The molecule has 6 N–H and O–H groups in total. The van der Waals surface area contributed by atoms with Crippen LogP contribution in [0.4, 0.5) is 0 Å². The summed E-state index contributed by atoms with van der Waals surface area (Å²) in [5.74, 6) is -0.203. The average molecular weight is 1140 g/mol.